The lowest BCUT2D eigenvalue weighted by Gasteiger charge is -2.17. The molecule has 0 fully saturated rings. The van der Waals surface area contributed by atoms with Crippen molar-refractivity contribution in [3.63, 3.8) is 0 Å². The minimum absolute atomic E-state index is 0.0329. The van der Waals surface area contributed by atoms with E-state index in [1.54, 1.807) is 6.07 Å². The first-order valence-corrected chi connectivity index (χ1v) is 8.65. The van der Waals surface area contributed by atoms with E-state index in [0.717, 1.165) is 6.54 Å². The van der Waals surface area contributed by atoms with Crippen molar-refractivity contribution >= 4 is 10.0 Å². The summed E-state index contributed by atoms with van der Waals surface area (Å²) >= 11 is 0. The molecule has 0 aliphatic rings. The highest BCUT2D eigenvalue weighted by Gasteiger charge is 2.21. The summed E-state index contributed by atoms with van der Waals surface area (Å²) in [5.74, 6) is 1.16. The van der Waals surface area contributed by atoms with E-state index in [0.29, 0.717) is 24.8 Å². The number of rotatable bonds is 9. The molecule has 1 aromatic rings. The van der Waals surface area contributed by atoms with Crippen LogP contribution in [-0.2, 0) is 16.6 Å². The van der Waals surface area contributed by atoms with Gasteiger partial charge in [-0.25, -0.2) is 13.1 Å². The Hall–Kier alpha value is -0.890. The standard InChI is InChI=1S/C14H27N3O3S/c1-11(2)8-15-9-13-6-7-14(20-13)21(18,19)16-12(3)10-17(4)5/h6-7,11-12,15-16H,8-10H2,1-5H3. The van der Waals surface area contributed by atoms with E-state index in [1.807, 2.05) is 25.9 Å². The Balaban J connectivity index is 2.61. The molecule has 0 aliphatic heterocycles. The Bertz CT molecular complexity index is 523. The van der Waals surface area contributed by atoms with Gasteiger partial charge in [-0.05, 0) is 45.6 Å². The van der Waals surface area contributed by atoms with E-state index in [1.165, 1.54) is 6.07 Å². The third-order valence-electron chi connectivity index (χ3n) is 2.75. The zero-order chi connectivity index (χ0) is 16.0. The molecule has 0 saturated heterocycles. The molecule has 21 heavy (non-hydrogen) atoms. The highest BCUT2D eigenvalue weighted by atomic mass is 32.2. The zero-order valence-corrected chi connectivity index (χ0v) is 14.3. The van der Waals surface area contributed by atoms with E-state index in [9.17, 15) is 8.42 Å². The monoisotopic (exact) mass is 317 g/mol. The molecule has 0 radical (unpaired) electrons. The smallest absolute Gasteiger partial charge is 0.274 e. The maximum absolute atomic E-state index is 12.2. The van der Waals surface area contributed by atoms with Crippen LogP contribution in [0.4, 0.5) is 0 Å². The van der Waals surface area contributed by atoms with Crippen molar-refractivity contribution in [1.82, 2.24) is 14.9 Å². The molecule has 0 aromatic carbocycles. The Morgan fingerprint density at radius 3 is 2.48 bits per heavy atom. The highest BCUT2D eigenvalue weighted by Crippen LogP contribution is 2.14. The Morgan fingerprint density at radius 1 is 1.24 bits per heavy atom. The van der Waals surface area contributed by atoms with E-state index < -0.39 is 10.0 Å². The third kappa shape index (κ3) is 6.60. The van der Waals surface area contributed by atoms with Crippen LogP contribution in [0.25, 0.3) is 0 Å². The maximum atomic E-state index is 12.2. The number of hydrogen-bond acceptors (Lipinski definition) is 5. The minimum atomic E-state index is -3.60. The molecule has 0 spiro atoms. The van der Waals surface area contributed by atoms with Crippen molar-refractivity contribution in [2.45, 2.75) is 38.5 Å². The van der Waals surface area contributed by atoms with Crippen LogP contribution < -0.4 is 10.0 Å². The molecule has 2 N–H and O–H groups in total. The average molecular weight is 317 g/mol. The van der Waals surface area contributed by atoms with Crippen molar-refractivity contribution in [3.05, 3.63) is 17.9 Å². The second kappa shape index (κ2) is 7.93. The van der Waals surface area contributed by atoms with Gasteiger partial charge in [-0.15, -0.1) is 0 Å². The first-order chi connectivity index (χ1) is 9.70. The van der Waals surface area contributed by atoms with Gasteiger partial charge in [-0.2, -0.15) is 0 Å². The van der Waals surface area contributed by atoms with Gasteiger partial charge in [0.25, 0.3) is 10.0 Å². The molecule has 1 heterocycles. The summed E-state index contributed by atoms with van der Waals surface area (Å²) in [5.41, 5.74) is 0. The van der Waals surface area contributed by atoms with Gasteiger partial charge in [-0.3, -0.25) is 0 Å². The fraction of sp³-hybridized carbons (Fsp3) is 0.714. The number of sulfonamides is 1. The molecule has 6 nitrogen and oxygen atoms in total. The van der Waals surface area contributed by atoms with Crippen LogP contribution in [0.15, 0.2) is 21.6 Å². The van der Waals surface area contributed by atoms with Gasteiger partial charge in [0, 0.05) is 12.6 Å². The van der Waals surface area contributed by atoms with Crippen LogP contribution in [0, 0.1) is 5.92 Å². The fourth-order valence-corrected chi connectivity index (χ4v) is 3.17. The SMILES string of the molecule is CC(C)CNCc1ccc(S(=O)(=O)NC(C)CN(C)C)o1. The molecule has 122 valence electrons. The summed E-state index contributed by atoms with van der Waals surface area (Å²) in [4.78, 5) is 1.93. The first-order valence-electron chi connectivity index (χ1n) is 7.17. The van der Waals surface area contributed by atoms with E-state index in [-0.39, 0.29) is 11.1 Å². The summed E-state index contributed by atoms with van der Waals surface area (Å²) in [6.07, 6.45) is 0. The average Bonchev–Trinajstić information content (AvgIpc) is 2.75. The van der Waals surface area contributed by atoms with Gasteiger partial charge in [0.05, 0.1) is 6.54 Å². The summed E-state index contributed by atoms with van der Waals surface area (Å²) < 4.78 is 32.4. The molecule has 0 bridgehead atoms. The van der Waals surface area contributed by atoms with Crippen LogP contribution in [0.3, 0.4) is 0 Å². The second-order valence-electron chi connectivity index (χ2n) is 6.03. The normalized spacial score (nSPS) is 14.0. The molecule has 1 aromatic heterocycles. The minimum Gasteiger partial charge on any atom is -0.447 e. The molecule has 1 unspecified atom stereocenters. The van der Waals surface area contributed by atoms with E-state index >= 15 is 0 Å². The van der Waals surface area contributed by atoms with Crippen molar-refractivity contribution < 1.29 is 12.8 Å². The van der Waals surface area contributed by atoms with Crippen molar-refractivity contribution in [2.24, 2.45) is 5.92 Å². The molecular weight excluding hydrogens is 290 g/mol. The predicted octanol–water partition coefficient (Wildman–Crippen LogP) is 1.25. The Kier molecular flexibility index (Phi) is 6.86. The van der Waals surface area contributed by atoms with Crippen molar-refractivity contribution in [1.29, 1.82) is 0 Å². The topological polar surface area (TPSA) is 74.6 Å². The van der Waals surface area contributed by atoms with Crippen LogP contribution in [0.5, 0.6) is 0 Å². The molecule has 0 saturated carbocycles. The number of hydrogen-bond donors (Lipinski definition) is 2. The summed E-state index contributed by atoms with van der Waals surface area (Å²) in [7, 11) is 0.201. The predicted molar refractivity (Wildman–Crippen MR) is 83.6 cm³/mol. The van der Waals surface area contributed by atoms with Gasteiger partial charge in [0.15, 0.2) is 0 Å². The summed E-state index contributed by atoms with van der Waals surface area (Å²) in [6, 6.07) is 3.01. The molecular formula is C14H27N3O3S. The Morgan fingerprint density at radius 2 is 1.90 bits per heavy atom. The zero-order valence-electron chi connectivity index (χ0n) is 13.5. The molecule has 1 rings (SSSR count). The Labute approximate surface area is 127 Å². The lowest BCUT2D eigenvalue weighted by molar-refractivity contribution is 0.363. The van der Waals surface area contributed by atoms with E-state index in [4.69, 9.17) is 4.42 Å². The first kappa shape index (κ1) is 18.2. The highest BCUT2D eigenvalue weighted by molar-refractivity contribution is 7.89. The van der Waals surface area contributed by atoms with Crippen LogP contribution >= 0.6 is 0 Å². The van der Waals surface area contributed by atoms with Gasteiger partial charge in [-0.1, -0.05) is 13.8 Å². The van der Waals surface area contributed by atoms with Crippen LogP contribution in [-0.4, -0.2) is 46.5 Å². The van der Waals surface area contributed by atoms with Gasteiger partial charge < -0.3 is 14.6 Å². The molecule has 0 aliphatic carbocycles. The molecule has 1 atom stereocenters. The maximum Gasteiger partial charge on any atom is 0.274 e. The van der Waals surface area contributed by atoms with Gasteiger partial charge >= 0.3 is 0 Å². The van der Waals surface area contributed by atoms with E-state index in [2.05, 4.69) is 23.9 Å². The third-order valence-corrected chi connectivity index (χ3v) is 4.21. The van der Waals surface area contributed by atoms with Crippen LogP contribution in [0.1, 0.15) is 26.5 Å². The quantitative estimate of drug-likeness (QED) is 0.717. The number of nitrogens with one attached hydrogen (secondary N) is 2. The van der Waals surface area contributed by atoms with Crippen molar-refractivity contribution in [3.8, 4) is 0 Å². The van der Waals surface area contributed by atoms with Gasteiger partial charge in [0.2, 0.25) is 5.09 Å². The fourth-order valence-electron chi connectivity index (χ4n) is 1.99. The molecule has 0 amide bonds. The molecule has 7 heteroatoms. The largest absolute Gasteiger partial charge is 0.447 e. The summed E-state index contributed by atoms with van der Waals surface area (Å²) in [5, 5.41) is 3.18. The number of likely N-dealkylation sites (N-methyl/N-ethyl adjacent to an activating group) is 1. The lowest BCUT2D eigenvalue weighted by Crippen LogP contribution is -2.39. The second-order valence-corrected chi connectivity index (χ2v) is 7.68. The number of nitrogens with zero attached hydrogens (tertiary/aromatic N) is 1. The van der Waals surface area contributed by atoms with Gasteiger partial charge in [0.1, 0.15) is 5.76 Å². The summed E-state index contributed by atoms with van der Waals surface area (Å²) in [6.45, 7) is 8.07. The lowest BCUT2D eigenvalue weighted by atomic mass is 10.2. The van der Waals surface area contributed by atoms with Crippen LogP contribution in [0.2, 0.25) is 0 Å². The number of furan rings is 1. The van der Waals surface area contributed by atoms with Crippen molar-refractivity contribution in [2.75, 3.05) is 27.2 Å².